The fourth-order valence-corrected chi connectivity index (χ4v) is 3.15. The molecule has 1 saturated heterocycles. The van der Waals surface area contributed by atoms with Crippen molar-refractivity contribution in [3.8, 4) is 5.75 Å². The maximum atomic E-state index is 12.5. The van der Waals surface area contributed by atoms with Gasteiger partial charge < -0.3 is 15.4 Å². The minimum Gasteiger partial charge on any atom is -0.488 e. The number of piperidine rings is 1. The zero-order valence-corrected chi connectivity index (χ0v) is 15.0. The van der Waals surface area contributed by atoms with Crippen LogP contribution in [-0.2, 0) is 6.61 Å². The molecular formula is C19H21BrN2O2. The highest BCUT2D eigenvalue weighted by molar-refractivity contribution is 9.10. The summed E-state index contributed by atoms with van der Waals surface area (Å²) < 4.78 is 6.73. The Morgan fingerprint density at radius 2 is 1.79 bits per heavy atom. The van der Waals surface area contributed by atoms with Crippen molar-refractivity contribution < 1.29 is 9.53 Å². The van der Waals surface area contributed by atoms with Crippen molar-refractivity contribution in [1.29, 1.82) is 0 Å². The Morgan fingerprint density at radius 3 is 2.46 bits per heavy atom. The predicted molar refractivity (Wildman–Crippen MR) is 98.0 cm³/mol. The van der Waals surface area contributed by atoms with Gasteiger partial charge in [-0.05, 0) is 58.6 Å². The van der Waals surface area contributed by atoms with Crippen LogP contribution in [0, 0.1) is 0 Å². The number of para-hydroxylation sites is 1. The van der Waals surface area contributed by atoms with Gasteiger partial charge in [-0.15, -0.1) is 0 Å². The summed E-state index contributed by atoms with van der Waals surface area (Å²) >= 11 is 3.46. The monoisotopic (exact) mass is 388 g/mol. The fraction of sp³-hybridized carbons (Fsp3) is 0.316. The number of ether oxygens (including phenoxy) is 1. The van der Waals surface area contributed by atoms with Crippen LogP contribution in [0.5, 0.6) is 5.75 Å². The van der Waals surface area contributed by atoms with E-state index in [1.807, 2.05) is 53.4 Å². The van der Waals surface area contributed by atoms with Gasteiger partial charge in [0, 0.05) is 24.7 Å². The van der Waals surface area contributed by atoms with E-state index in [9.17, 15) is 4.79 Å². The second-order valence-corrected chi connectivity index (χ2v) is 6.90. The fourth-order valence-electron chi connectivity index (χ4n) is 2.75. The van der Waals surface area contributed by atoms with Crippen molar-refractivity contribution in [3.05, 3.63) is 64.1 Å². The van der Waals surface area contributed by atoms with Crippen LogP contribution < -0.4 is 10.5 Å². The molecule has 0 aliphatic carbocycles. The van der Waals surface area contributed by atoms with Gasteiger partial charge >= 0.3 is 0 Å². The van der Waals surface area contributed by atoms with Crippen molar-refractivity contribution >= 4 is 21.8 Å². The van der Waals surface area contributed by atoms with Crippen molar-refractivity contribution in [3.63, 3.8) is 0 Å². The molecule has 4 nitrogen and oxygen atoms in total. The Kier molecular flexibility index (Phi) is 5.53. The standard InChI is InChI=1S/C19H21BrN2O2/c20-17-3-1-2-4-18(17)24-13-14-5-7-15(8-6-14)19(23)22-11-9-16(21)10-12-22/h1-8,16H,9-13,21H2. The van der Waals surface area contributed by atoms with Gasteiger partial charge in [-0.25, -0.2) is 0 Å². The molecule has 3 rings (SSSR count). The molecule has 2 N–H and O–H groups in total. The highest BCUT2D eigenvalue weighted by Crippen LogP contribution is 2.24. The zero-order valence-electron chi connectivity index (χ0n) is 13.5. The molecule has 0 bridgehead atoms. The minimum absolute atomic E-state index is 0.0835. The van der Waals surface area contributed by atoms with Crippen LogP contribution in [0.15, 0.2) is 53.0 Å². The van der Waals surface area contributed by atoms with E-state index in [0.717, 1.165) is 47.3 Å². The van der Waals surface area contributed by atoms with Gasteiger partial charge in [-0.3, -0.25) is 4.79 Å². The summed E-state index contributed by atoms with van der Waals surface area (Å²) in [7, 11) is 0. The van der Waals surface area contributed by atoms with Gasteiger partial charge in [-0.1, -0.05) is 24.3 Å². The molecule has 126 valence electrons. The molecule has 5 heteroatoms. The molecule has 0 unspecified atom stereocenters. The number of hydrogen-bond donors (Lipinski definition) is 1. The third-order valence-electron chi connectivity index (χ3n) is 4.26. The molecule has 0 aromatic heterocycles. The first-order valence-electron chi connectivity index (χ1n) is 8.14. The van der Waals surface area contributed by atoms with Gasteiger partial charge in [0.1, 0.15) is 12.4 Å². The largest absolute Gasteiger partial charge is 0.488 e. The molecule has 0 saturated carbocycles. The summed E-state index contributed by atoms with van der Waals surface area (Å²) in [6.45, 7) is 1.95. The molecule has 0 atom stereocenters. The molecular weight excluding hydrogens is 368 g/mol. The second-order valence-electron chi connectivity index (χ2n) is 6.05. The molecule has 0 radical (unpaired) electrons. The van der Waals surface area contributed by atoms with E-state index < -0.39 is 0 Å². The molecule has 1 heterocycles. The lowest BCUT2D eigenvalue weighted by atomic mass is 10.0. The average Bonchev–Trinajstić information content (AvgIpc) is 2.62. The molecule has 2 aromatic carbocycles. The lowest BCUT2D eigenvalue weighted by Gasteiger charge is -2.30. The SMILES string of the molecule is NC1CCN(C(=O)c2ccc(COc3ccccc3Br)cc2)CC1. The number of likely N-dealkylation sites (tertiary alicyclic amines) is 1. The van der Waals surface area contributed by atoms with Crippen LogP contribution in [0.1, 0.15) is 28.8 Å². The summed E-state index contributed by atoms with van der Waals surface area (Å²) in [5, 5.41) is 0. The number of benzene rings is 2. The minimum atomic E-state index is 0.0835. The van der Waals surface area contributed by atoms with Crippen molar-refractivity contribution in [2.75, 3.05) is 13.1 Å². The first kappa shape index (κ1) is 17.0. The molecule has 0 spiro atoms. The summed E-state index contributed by atoms with van der Waals surface area (Å²) in [5.74, 6) is 0.891. The molecule has 24 heavy (non-hydrogen) atoms. The highest BCUT2D eigenvalue weighted by atomic mass is 79.9. The molecule has 1 aliphatic rings. The third-order valence-corrected chi connectivity index (χ3v) is 4.91. The first-order valence-corrected chi connectivity index (χ1v) is 8.94. The number of hydrogen-bond acceptors (Lipinski definition) is 3. The van der Waals surface area contributed by atoms with E-state index in [2.05, 4.69) is 15.9 Å². The number of rotatable bonds is 4. The van der Waals surface area contributed by atoms with Crippen LogP contribution in [0.2, 0.25) is 0 Å². The number of amides is 1. The van der Waals surface area contributed by atoms with Crippen LogP contribution >= 0.6 is 15.9 Å². The van der Waals surface area contributed by atoms with Crippen LogP contribution in [0.4, 0.5) is 0 Å². The van der Waals surface area contributed by atoms with Gasteiger partial charge in [0.2, 0.25) is 0 Å². The Labute approximate surface area is 150 Å². The van der Waals surface area contributed by atoms with Crippen LogP contribution in [0.3, 0.4) is 0 Å². The van der Waals surface area contributed by atoms with Crippen molar-refractivity contribution in [2.45, 2.75) is 25.5 Å². The Bertz CT molecular complexity index is 695. The number of carbonyl (C=O) groups is 1. The smallest absolute Gasteiger partial charge is 0.253 e. The van der Waals surface area contributed by atoms with E-state index >= 15 is 0 Å². The van der Waals surface area contributed by atoms with E-state index in [1.54, 1.807) is 0 Å². The number of carbonyl (C=O) groups excluding carboxylic acids is 1. The van der Waals surface area contributed by atoms with E-state index in [4.69, 9.17) is 10.5 Å². The number of nitrogens with zero attached hydrogens (tertiary/aromatic N) is 1. The van der Waals surface area contributed by atoms with Crippen LogP contribution in [-0.4, -0.2) is 29.9 Å². The first-order chi connectivity index (χ1) is 11.6. The highest BCUT2D eigenvalue weighted by Gasteiger charge is 2.21. The van der Waals surface area contributed by atoms with E-state index in [-0.39, 0.29) is 11.9 Å². The summed E-state index contributed by atoms with van der Waals surface area (Å²) in [5.41, 5.74) is 7.64. The third kappa shape index (κ3) is 4.16. The Balaban J connectivity index is 1.59. The number of nitrogens with two attached hydrogens (primary N) is 1. The van der Waals surface area contributed by atoms with Gasteiger partial charge in [0.15, 0.2) is 0 Å². The zero-order chi connectivity index (χ0) is 16.9. The molecule has 2 aromatic rings. The van der Waals surface area contributed by atoms with Crippen LogP contribution in [0.25, 0.3) is 0 Å². The summed E-state index contributed by atoms with van der Waals surface area (Å²) in [6, 6.07) is 15.6. The second kappa shape index (κ2) is 7.81. The topological polar surface area (TPSA) is 55.6 Å². The number of halogens is 1. The lowest BCUT2D eigenvalue weighted by Crippen LogP contribution is -2.42. The Hall–Kier alpha value is -1.85. The Morgan fingerprint density at radius 1 is 1.12 bits per heavy atom. The normalized spacial score (nSPS) is 15.3. The molecule has 1 amide bonds. The maximum absolute atomic E-state index is 12.5. The van der Waals surface area contributed by atoms with Gasteiger partial charge in [-0.2, -0.15) is 0 Å². The summed E-state index contributed by atoms with van der Waals surface area (Å²) in [6.07, 6.45) is 1.76. The van der Waals surface area contributed by atoms with Crippen molar-refractivity contribution in [1.82, 2.24) is 4.90 Å². The van der Waals surface area contributed by atoms with Gasteiger partial charge in [0.05, 0.1) is 4.47 Å². The predicted octanol–water partition coefficient (Wildman–Crippen LogP) is 3.59. The molecule has 1 fully saturated rings. The average molecular weight is 389 g/mol. The molecule has 1 aliphatic heterocycles. The quantitative estimate of drug-likeness (QED) is 0.870. The van der Waals surface area contributed by atoms with E-state index in [0.29, 0.717) is 6.61 Å². The lowest BCUT2D eigenvalue weighted by molar-refractivity contribution is 0.0714. The van der Waals surface area contributed by atoms with Crippen molar-refractivity contribution in [2.24, 2.45) is 5.73 Å². The van der Waals surface area contributed by atoms with Gasteiger partial charge in [0.25, 0.3) is 5.91 Å². The van der Waals surface area contributed by atoms with E-state index in [1.165, 1.54) is 0 Å². The summed E-state index contributed by atoms with van der Waals surface area (Å²) in [4.78, 5) is 14.4. The maximum Gasteiger partial charge on any atom is 0.253 e.